The van der Waals surface area contributed by atoms with E-state index in [9.17, 15) is 4.39 Å². The molecule has 0 radical (unpaired) electrons. The molecule has 0 aliphatic carbocycles. The zero-order chi connectivity index (χ0) is 9.52. The van der Waals surface area contributed by atoms with Gasteiger partial charge in [-0.1, -0.05) is 52.4 Å². The summed E-state index contributed by atoms with van der Waals surface area (Å²) in [5.41, 5.74) is 1.00. The fourth-order valence-electron chi connectivity index (χ4n) is 0.871. The number of allylic oxidation sites excluding steroid dienone is 3. The van der Waals surface area contributed by atoms with Gasteiger partial charge in [-0.05, 0) is 17.7 Å². The minimum atomic E-state index is -0.201. The summed E-state index contributed by atoms with van der Waals surface area (Å²) in [7, 11) is 0. The molecule has 0 heterocycles. The molecule has 1 rings (SSSR count). The summed E-state index contributed by atoms with van der Waals surface area (Å²) < 4.78 is 12.5. The number of halogens is 2. The summed E-state index contributed by atoms with van der Waals surface area (Å²) >= 11 is 3.28. The average Bonchev–Trinajstić information content (AvgIpc) is 2.15. The van der Waals surface area contributed by atoms with Gasteiger partial charge in [0, 0.05) is 5.33 Å². The Morgan fingerprint density at radius 3 is 2.46 bits per heavy atom. The zero-order valence-electron chi connectivity index (χ0n) is 7.08. The third kappa shape index (κ3) is 4.04. The van der Waals surface area contributed by atoms with Crippen molar-refractivity contribution in [2.45, 2.75) is 0 Å². The molecule has 0 unspecified atom stereocenters. The second-order valence-corrected chi connectivity index (χ2v) is 3.14. The van der Waals surface area contributed by atoms with Crippen LogP contribution in [-0.2, 0) is 0 Å². The predicted molar refractivity (Wildman–Crippen MR) is 58.4 cm³/mol. The highest BCUT2D eigenvalue weighted by Crippen LogP contribution is 2.04. The third-order valence-electron chi connectivity index (χ3n) is 1.49. The summed E-state index contributed by atoms with van der Waals surface area (Å²) in [4.78, 5) is 0. The first-order valence-corrected chi connectivity index (χ1v) is 5.10. The molecule has 0 spiro atoms. The lowest BCUT2D eigenvalue weighted by Gasteiger charge is -1.90. The lowest BCUT2D eigenvalue weighted by Crippen LogP contribution is -1.73. The number of benzene rings is 1. The van der Waals surface area contributed by atoms with E-state index in [4.69, 9.17) is 0 Å². The van der Waals surface area contributed by atoms with Crippen LogP contribution in [0, 0.1) is 5.82 Å². The molecule has 0 saturated carbocycles. The Labute approximate surface area is 85.9 Å². The van der Waals surface area contributed by atoms with E-state index >= 15 is 0 Å². The molecule has 0 amide bonds. The van der Waals surface area contributed by atoms with Crippen LogP contribution in [0.5, 0.6) is 0 Å². The van der Waals surface area contributed by atoms with Crippen LogP contribution in [0.3, 0.4) is 0 Å². The Morgan fingerprint density at radius 1 is 1.15 bits per heavy atom. The molecule has 1 aromatic rings. The Bertz CT molecular complexity index is 298. The molecule has 0 saturated heterocycles. The Kier molecular flexibility index (Phi) is 4.47. The van der Waals surface area contributed by atoms with E-state index in [1.165, 1.54) is 12.1 Å². The minimum Gasteiger partial charge on any atom is -0.207 e. The first kappa shape index (κ1) is 10.2. The molecule has 0 atom stereocenters. The summed E-state index contributed by atoms with van der Waals surface area (Å²) in [6.07, 6.45) is 7.78. The summed E-state index contributed by atoms with van der Waals surface area (Å²) in [6.45, 7) is 0. The van der Waals surface area contributed by atoms with Gasteiger partial charge >= 0.3 is 0 Å². The molecule has 0 N–H and O–H groups in total. The van der Waals surface area contributed by atoms with Crippen LogP contribution >= 0.6 is 15.9 Å². The third-order valence-corrected chi connectivity index (χ3v) is 1.87. The lowest BCUT2D eigenvalue weighted by atomic mass is 10.2. The van der Waals surface area contributed by atoms with Gasteiger partial charge in [0.2, 0.25) is 0 Å². The maximum absolute atomic E-state index is 12.5. The summed E-state index contributed by atoms with van der Waals surface area (Å²) in [5, 5.41) is 0.848. The van der Waals surface area contributed by atoms with Crippen LogP contribution in [-0.4, -0.2) is 5.33 Å². The lowest BCUT2D eigenvalue weighted by molar-refractivity contribution is 0.628. The van der Waals surface area contributed by atoms with Gasteiger partial charge in [-0.25, -0.2) is 4.39 Å². The first-order valence-electron chi connectivity index (χ1n) is 3.97. The van der Waals surface area contributed by atoms with Crippen LogP contribution < -0.4 is 0 Å². The van der Waals surface area contributed by atoms with E-state index in [1.54, 1.807) is 12.1 Å². The second kappa shape index (κ2) is 5.70. The summed E-state index contributed by atoms with van der Waals surface area (Å²) in [5.74, 6) is -0.201. The monoisotopic (exact) mass is 240 g/mol. The van der Waals surface area contributed by atoms with Crippen molar-refractivity contribution in [1.29, 1.82) is 0 Å². The van der Waals surface area contributed by atoms with Crippen molar-refractivity contribution in [2.75, 3.05) is 5.33 Å². The SMILES string of the molecule is Fc1ccc(/C=C/C=C/CBr)cc1. The van der Waals surface area contributed by atoms with Gasteiger partial charge < -0.3 is 0 Å². The first-order chi connectivity index (χ1) is 6.33. The molecule has 2 heteroatoms. The maximum atomic E-state index is 12.5. The van der Waals surface area contributed by atoms with Crippen LogP contribution in [0.2, 0.25) is 0 Å². The highest BCUT2D eigenvalue weighted by molar-refractivity contribution is 9.09. The van der Waals surface area contributed by atoms with Crippen LogP contribution in [0.15, 0.2) is 42.5 Å². The molecular weight excluding hydrogens is 231 g/mol. The molecule has 13 heavy (non-hydrogen) atoms. The smallest absolute Gasteiger partial charge is 0.123 e. The summed E-state index contributed by atoms with van der Waals surface area (Å²) in [6, 6.07) is 6.39. The van der Waals surface area contributed by atoms with Crippen molar-refractivity contribution < 1.29 is 4.39 Å². The molecule has 0 bridgehead atoms. The topological polar surface area (TPSA) is 0 Å². The fraction of sp³-hybridized carbons (Fsp3) is 0.0909. The van der Waals surface area contributed by atoms with Crippen molar-refractivity contribution in [1.82, 2.24) is 0 Å². The fourth-order valence-corrected chi connectivity index (χ4v) is 1.09. The van der Waals surface area contributed by atoms with Crippen LogP contribution in [0.4, 0.5) is 4.39 Å². The van der Waals surface area contributed by atoms with Gasteiger partial charge in [-0.2, -0.15) is 0 Å². The van der Waals surface area contributed by atoms with Gasteiger partial charge in [0.15, 0.2) is 0 Å². The number of hydrogen-bond acceptors (Lipinski definition) is 0. The van der Waals surface area contributed by atoms with Gasteiger partial charge in [0.05, 0.1) is 0 Å². The van der Waals surface area contributed by atoms with E-state index in [2.05, 4.69) is 15.9 Å². The second-order valence-electron chi connectivity index (χ2n) is 2.49. The largest absolute Gasteiger partial charge is 0.207 e. The Hall–Kier alpha value is -0.890. The van der Waals surface area contributed by atoms with Crippen molar-refractivity contribution in [3.05, 3.63) is 53.9 Å². The average molecular weight is 241 g/mol. The van der Waals surface area contributed by atoms with Gasteiger partial charge in [-0.3, -0.25) is 0 Å². The molecular formula is C11H10BrF. The predicted octanol–water partition coefficient (Wildman–Crippen LogP) is 3.79. The van der Waals surface area contributed by atoms with Crippen molar-refractivity contribution >= 4 is 22.0 Å². The Balaban J connectivity index is 2.59. The van der Waals surface area contributed by atoms with Crippen molar-refractivity contribution in [3.8, 4) is 0 Å². The molecule has 0 aliphatic rings. The minimum absolute atomic E-state index is 0.201. The molecule has 1 aromatic carbocycles. The van der Waals surface area contributed by atoms with E-state index in [-0.39, 0.29) is 5.82 Å². The van der Waals surface area contributed by atoms with Crippen molar-refractivity contribution in [2.24, 2.45) is 0 Å². The van der Waals surface area contributed by atoms with Crippen LogP contribution in [0.1, 0.15) is 5.56 Å². The molecule has 0 aliphatic heterocycles. The molecule has 68 valence electrons. The molecule has 0 nitrogen and oxygen atoms in total. The van der Waals surface area contributed by atoms with E-state index < -0.39 is 0 Å². The van der Waals surface area contributed by atoms with Crippen molar-refractivity contribution in [3.63, 3.8) is 0 Å². The van der Waals surface area contributed by atoms with Crippen LogP contribution in [0.25, 0.3) is 6.08 Å². The highest BCUT2D eigenvalue weighted by atomic mass is 79.9. The molecule has 0 fully saturated rings. The standard InChI is InChI=1S/C11H10BrF/c12-9-3-1-2-4-10-5-7-11(13)8-6-10/h1-8H,9H2/b3-1+,4-2+. The van der Waals surface area contributed by atoms with E-state index in [1.807, 2.05) is 24.3 Å². The van der Waals surface area contributed by atoms with Gasteiger partial charge in [0.25, 0.3) is 0 Å². The maximum Gasteiger partial charge on any atom is 0.123 e. The van der Waals surface area contributed by atoms with Gasteiger partial charge in [0.1, 0.15) is 5.82 Å². The highest BCUT2D eigenvalue weighted by Gasteiger charge is 1.86. The quantitative estimate of drug-likeness (QED) is 0.557. The number of hydrogen-bond donors (Lipinski definition) is 0. The number of alkyl halides is 1. The molecule has 0 aromatic heterocycles. The number of rotatable bonds is 3. The van der Waals surface area contributed by atoms with Gasteiger partial charge in [-0.15, -0.1) is 0 Å². The Morgan fingerprint density at radius 2 is 1.85 bits per heavy atom. The zero-order valence-corrected chi connectivity index (χ0v) is 8.67. The van der Waals surface area contributed by atoms with E-state index in [0.717, 1.165) is 10.9 Å². The normalized spacial score (nSPS) is 11.5. The van der Waals surface area contributed by atoms with E-state index in [0.29, 0.717) is 0 Å².